The van der Waals surface area contributed by atoms with Crippen molar-refractivity contribution in [1.29, 1.82) is 0 Å². The monoisotopic (exact) mass is 306 g/mol. The second-order valence-corrected chi connectivity index (χ2v) is 6.57. The second-order valence-electron chi connectivity index (χ2n) is 6.13. The third kappa shape index (κ3) is 3.18. The Labute approximate surface area is 133 Å². The van der Waals surface area contributed by atoms with E-state index in [9.17, 15) is 0 Å². The number of anilines is 1. The van der Waals surface area contributed by atoms with Crippen molar-refractivity contribution >= 4 is 23.0 Å². The lowest BCUT2D eigenvalue weighted by atomic mass is 9.95. The summed E-state index contributed by atoms with van der Waals surface area (Å²) in [5, 5.41) is 8.88. The Kier molecular flexibility index (Phi) is 5.14. The SMILES string of the molecule is CCc1nnc(N2CCC(C(C)C)C2)c(C(N)=S)c1CC. The van der Waals surface area contributed by atoms with Gasteiger partial charge in [-0.15, -0.1) is 5.10 Å². The van der Waals surface area contributed by atoms with Crippen molar-refractivity contribution in [1.82, 2.24) is 10.2 Å². The van der Waals surface area contributed by atoms with Crippen LogP contribution in [0.3, 0.4) is 0 Å². The third-order valence-corrected chi connectivity index (χ3v) is 4.75. The molecule has 1 aromatic rings. The Morgan fingerprint density at radius 3 is 2.52 bits per heavy atom. The van der Waals surface area contributed by atoms with Gasteiger partial charge in [0.15, 0.2) is 5.82 Å². The van der Waals surface area contributed by atoms with Crippen LogP contribution in [0.2, 0.25) is 0 Å². The predicted octanol–water partition coefficient (Wildman–Crippen LogP) is 2.72. The lowest BCUT2D eigenvalue weighted by Crippen LogP contribution is -2.28. The van der Waals surface area contributed by atoms with Crippen LogP contribution >= 0.6 is 12.2 Å². The van der Waals surface area contributed by atoms with Gasteiger partial charge in [-0.2, -0.15) is 5.10 Å². The molecule has 1 fully saturated rings. The number of hydrogen-bond donors (Lipinski definition) is 1. The Morgan fingerprint density at radius 2 is 2.05 bits per heavy atom. The van der Waals surface area contributed by atoms with E-state index in [1.54, 1.807) is 0 Å². The Hall–Kier alpha value is -1.23. The average Bonchev–Trinajstić information content (AvgIpc) is 2.95. The molecule has 1 saturated heterocycles. The third-order valence-electron chi connectivity index (χ3n) is 4.54. The molecule has 21 heavy (non-hydrogen) atoms. The Bertz CT molecular complexity index is 527. The topological polar surface area (TPSA) is 55.0 Å². The van der Waals surface area contributed by atoms with Gasteiger partial charge in [-0.05, 0) is 36.7 Å². The molecule has 2 rings (SSSR count). The highest BCUT2D eigenvalue weighted by atomic mass is 32.1. The quantitative estimate of drug-likeness (QED) is 0.848. The number of thiocarbonyl (C=S) groups is 1. The summed E-state index contributed by atoms with van der Waals surface area (Å²) in [6.45, 7) is 10.8. The molecule has 116 valence electrons. The van der Waals surface area contributed by atoms with Crippen LogP contribution < -0.4 is 10.6 Å². The van der Waals surface area contributed by atoms with Gasteiger partial charge in [0.2, 0.25) is 0 Å². The van der Waals surface area contributed by atoms with Crippen molar-refractivity contribution in [3.63, 3.8) is 0 Å². The average molecular weight is 306 g/mol. The summed E-state index contributed by atoms with van der Waals surface area (Å²) in [7, 11) is 0. The predicted molar refractivity (Wildman–Crippen MR) is 91.8 cm³/mol. The minimum absolute atomic E-state index is 0.444. The van der Waals surface area contributed by atoms with Gasteiger partial charge < -0.3 is 10.6 Å². The molecule has 1 atom stereocenters. The van der Waals surface area contributed by atoms with Gasteiger partial charge in [0.25, 0.3) is 0 Å². The fraction of sp³-hybridized carbons (Fsp3) is 0.688. The molecule has 0 aromatic carbocycles. The summed E-state index contributed by atoms with van der Waals surface area (Å²) in [5.74, 6) is 2.29. The van der Waals surface area contributed by atoms with Crippen LogP contribution in [0.4, 0.5) is 5.82 Å². The van der Waals surface area contributed by atoms with Crippen LogP contribution in [0.1, 0.15) is 50.9 Å². The number of nitrogens with two attached hydrogens (primary N) is 1. The van der Waals surface area contributed by atoms with Crippen LogP contribution in [-0.2, 0) is 12.8 Å². The van der Waals surface area contributed by atoms with Gasteiger partial charge in [0.1, 0.15) is 4.99 Å². The van der Waals surface area contributed by atoms with E-state index in [0.29, 0.717) is 16.8 Å². The first-order chi connectivity index (χ1) is 9.99. The molecule has 1 unspecified atom stereocenters. The van der Waals surface area contributed by atoms with Crippen molar-refractivity contribution in [2.75, 3.05) is 18.0 Å². The molecule has 0 radical (unpaired) electrons. The maximum absolute atomic E-state index is 6.01. The van der Waals surface area contributed by atoms with Gasteiger partial charge in [0, 0.05) is 13.1 Å². The van der Waals surface area contributed by atoms with Crippen LogP contribution in [0.25, 0.3) is 0 Å². The number of aryl methyl sites for hydroxylation is 1. The van der Waals surface area contributed by atoms with Crippen LogP contribution in [0.5, 0.6) is 0 Å². The van der Waals surface area contributed by atoms with E-state index < -0.39 is 0 Å². The summed E-state index contributed by atoms with van der Waals surface area (Å²) in [6, 6.07) is 0. The summed E-state index contributed by atoms with van der Waals surface area (Å²) < 4.78 is 0. The lowest BCUT2D eigenvalue weighted by molar-refractivity contribution is 0.422. The van der Waals surface area contributed by atoms with E-state index in [4.69, 9.17) is 18.0 Å². The zero-order chi connectivity index (χ0) is 15.6. The van der Waals surface area contributed by atoms with Crippen molar-refractivity contribution in [3.8, 4) is 0 Å². The summed E-state index contributed by atoms with van der Waals surface area (Å²) in [4.78, 5) is 2.75. The standard InChI is InChI=1S/C16H26N4S/c1-5-12-13(6-2)18-19-16(14(12)15(17)21)20-8-7-11(9-20)10(3)4/h10-11H,5-9H2,1-4H3,(H2,17,21). The van der Waals surface area contributed by atoms with E-state index in [0.717, 1.165) is 43.0 Å². The first-order valence-corrected chi connectivity index (χ1v) is 8.33. The molecule has 0 spiro atoms. The molecule has 2 N–H and O–H groups in total. The molecule has 0 saturated carbocycles. The van der Waals surface area contributed by atoms with Gasteiger partial charge in [-0.1, -0.05) is 39.9 Å². The van der Waals surface area contributed by atoms with Crippen molar-refractivity contribution < 1.29 is 0 Å². The summed E-state index contributed by atoms with van der Waals surface area (Å²) in [5.41, 5.74) is 9.15. The summed E-state index contributed by atoms with van der Waals surface area (Å²) in [6.07, 6.45) is 2.95. The van der Waals surface area contributed by atoms with Crippen LogP contribution in [0, 0.1) is 11.8 Å². The Morgan fingerprint density at radius 1 is 1.33 bits per heavy atom. The number of hydrogen-bond acceptors (Lipinski definition) is 4. The lowest BCUT2D eigenvalue weighted by Gasteiger charge is -2.23. The molecular weight excluding hydrogens is 280 g/mol. The van der Waals surface area contributed by atoms with Gasteiger partial charge in [-0.25, -0.2) is 0 Å². The summed E-state index contributed by atoms with van der Waals surface area (Å²) >= 11 is 5.31. The maximum atomic E-state index is 6.01. The first-order valence-electron chi connectivity index (χ1n) is 7.92. The fourth-order valence-corrected chi connectivity index (χ4v) is 3.38. The van der Waals surface area contributed by atoms with E-state index >= 15 is 0 Å². The highest BCUT2D eigenvalue weighted by molar-refractivity contribution is 7.80. The van der Waals surface area contributed by atoms with Crippen LogP contribution in [-0.4, -0.2) is 28.3 Å². The zero-order valence-corrected chi connectivity index (χ0v) is 14.3. The minimum atomic E-state index is 0.444. The number of nitrogens with zero attached hydrogens (tertiary/aromatic N) is 3. The first kappa shape index (κ1) is 16.1. The number of rotatable bonds is 5. The zero-order valence-electron chi connectivity index (χ0n) is 13.5. The second kappa shape index (κ2) is 6.69. The van der Waals surface area contributed by atoms with Crippen molar-refractivity contribution in [2.45, 2.75) is 47.0 Å². The number of aromatic nitrogens is 2. The molecule has 1 aliphatic rings. The largest absolute Gasteiger partial charge is 0.389 e. The highest BCUT2D eigenvalue weighted by Gasteiger charge is 2.29. The molecule has 5 heteroatoms. The Balaban J connectivity index is 2.42. The molecule has 1 aliphatic heterocycles. The molecule has 0 aliphatic carbocycles. The maximum Gasteiger partial charge on any atom is 0.161 e. The van der Waals surface area contributed by atoms with Crippen molar-refractivity contribution in [2.24, 2.45) is 17.6 Å². The molecule has 1 aromatic heterocycles. The molecule has 2 heterocycles. The van der Waals surface area contributed by atoms with E-state index in [1.807, 2.05) is 0 Å². The van der Waals surface area contributed by atoms with E-state index in [2.05, 4.69) is 42.8 Å². The molecular formula is C16H26N4S. The highest BCUT2D eigenvalue weighted by Crippen LogP contribution is 2.31. The van der Waals surface area contributed by atoms with Gasteiger partial charge >= 0.3 is 0 Å². The molecule has 4 nitrogen and oxygen atoms in total. The van der Waals surface area contributed by atoms with Crippen LogP contribution in [0.15, 0.2) is 0 Å². The smallest absolute Gasteiger partial charge is 0.161 e. The normalized spacial score (nSPS) is 18.5. The minimum Gasteiger partial charge on any atom is -0.389 e. The fourth-order valence-electron chi connectivity index (χ4n) is 3.17. The van der Waals surface area contributed by atoms with E-state index in [-0.39, 0.29) is 0 Å². The van der Waals surface area contributed by atoms with Gasteiger partial charge in [-0.3, -0.25) is 0 Å². The molecule has 0 amide bonds. The van der Waals surface area contributed by atoms with E-state index in [1.165, 1.54) is 12.0 Å². The van der Waals surface area contributed by atoms with Crippen molar-refractivity contribution in [3.05, 3.63) is 16.8 Å². The van der Waals surface area contributed by atoms with Gasteiger partial charge in [0.05, 0.1) is 11.3 Å². The molecule has 0 bridgehead atoms.